The summed E-state index contributed by atoms with van der Waals surface area (Å²) in [4.78, 5) is 38.3. The number of aryl methyl sites for hydroxylation is 1. The predicted molar refractivity (Wildman–Crippen MR) is 107 cm³/mol. The summed E-state index contributed by atoms with van der Waals surface area (Å²) < 4.78 is 5.26. The van der Waals surface area contributed by atoms with Gasteiger partial charge in [0.15, 0.2) is 0 Å². The highest BCUT2D eigenvalue weighted by Gasteiger charge is 2.26. The molecule has 2 N–H and O–H groups in total. The number of hydrogen-bond acceptors (Lipinski definition) is 4. The van der Waals surface area contributed by atoms with Crippen LogP contribution in [0.15, 0.2) is 30.3 Å². The maximum absolute atomic E-state index is 12.7. The molecule has 1 heterocycles. The van der Waals surface area contributed by atoms with Gasteiger partial charge in [-0.15, -0.1) is 0 Å². The molecule has 0 spiro atoms. The van der Waals surface area contributed by atoms with Crippen molar-refractivity contribution in [3.05, 3.63) is 35.9 Å². The summed E-state index contributed by atoms with van der Waals surface area (Å²) in [6.45, 7) is 6.01. The largest absolute Gasteiger partial charge is 0.378 e. The predicted octanol–water partition coefficient (Wildman–Crippen LogP) is 1.76. The van der Waals surface area contributed by atoms with E-state index in [1.807, 2.05) is 44.2 Å². The van der Waals surface area contributed by atoms with Crippen molar-refractivity contribution in [2.75, 3.05) is 26.3 Å². The molecule has 1 aromatic carbocycles. The van der Waals surface area contributed by atoms with Gasteiger partial charge in [-0.1, -0.05) is 44.2 Å². The molecule has 0 saturated carbocycles. The summed E-state index contributed by atoms with van der Waals surface area (Å²) in [5.74, 6) is -0.0970. The van der Waals surface area contributed by atoms with Crippen LogP contribution in [-0.4, -0.2) is 61.5 Å². The maximum atomic E-state index is 12.7. The van der Waals surface area contributed by atoms with Gasteiger partial charge in [-0.05, 0) is 30.7 Å². The smallest absolute Gasteiger partial charge is 0.318 e. The van der Waals surface area contributed by atoms with Gasteiger partial charge in [-0.2, -0.15) is 0 Å². The number of amides is 3. The van der Waals surface area contributed by atoms with Crippen molar-refractivity contribution >= 4 is 18.2 Å². The normalized spacial score (nSPS) is 16.3. The lowest BCUT2D eigenvalue weighted by atomic mass is 10.0. The molecule has 1 aliphatic heterocycles. The molecule has 2 atom stereocenters. The minimum atomic E-state index is -0.672. The van der Waals surface area contributed by atoms with Crippen LogP contribution in [0, 0.1) is 5.92 Å². The minimum absolute atomic E-state index is 0.222. The van der Waals surface area contributed by atoms with Gasteiger partial charge in [0, 0.05) is 13.1 Å². The van der Waals surface area contributed by atoms with Crippen molar-refractivity contribution in [2.45, 2.75) is 45.2 Å². The maximum Gasteiger partial charge on any atom is 0.318 e. The number of nitrogens with zero attached hydrogens (tertiary/aromatic N) is 1. The molecule has 7 heteroatoms. The third-order valence-electron chi connectivity index (χ3n) is 4.70. The zero-order valence-electron chi connectivity index (χ0n) is 16.7. The van der Waals surface area contributed by atoms with Crippen LogP contribution >= 0.6 is 0 Å². The summed E-state index contributed by atoms with van der Waals surface area (Å²) in [5.41, 5.74) is 1.11. The molecule has 1 unspecified atom stereocenters. The first-order chi connectivity index (χ1) is 13.5. The van der Waals surface area contributed by atoms with Gasteiger partial charge >= 0.3 is 6.03 Å². The standard InChI is InChI=1S/C21H31N3O4/c1-16(2)14-19(23-21(27)24-10-12-28-13-11-24)20(26)22-18(15-25)9-8-17-6-4-3-5-7-17/h3-7,15-16,18-19H,8-14H2,1-2H3,(H,22,26)(H,23,27)/t18?,19-/m0/s1. The Hall–Kier alpha value is -2.41. The highest BCUT2D eigenvalue weighted by molar-refractivity contribution is 5.88. The van der Waals surface area contributed by atoms with Crippen LogP contribution in [0.3, 0.4) is 0 Å². The quantitative estimate of drug-likeness (QED) is 0.630. The Morgan fingerprint density at radius 1 is 1.14 bits per heavy atom. The van der Waals surface area contributed by atoms with E-state index in [0.717, 1.165) is 11.8 Å². The van der Waals surface area contributed by atoms with Gasteiger partial charge in [-0.3, -0.25) is 4.79 Å². The van der Waals surface area contributed by atoms with E-state index < -0.39 is 12.1 Å². The number of benzene rings is 1. The number of carbonyl (C=O) groups excluding carboxylic acids is 3. The van der Waals surface area contributed by atoms with Gasteiger partial charge in [-0.25, -0.2) is 4.79 Å². The highest BCUT2D eigenvalue weighted by atomic mass is 16.5. The molecule has 1 aromatic rings. The number of rotatable bonds is 9. The summed E-state index contributed by atoms with van der Waals surface area (Å²) in [6.07, 6.45) is 2.48. The average Bonchev–Trinajstić information content (AvgIpc) is 2.71. The molecule has 1 aliphatic rings. The molecule has 0 bridgehead atoms. The van der Waals surface area contributed by atoms with Crippen LogP contribution in [0.4, 0.5) is 4.79 Å². The Bertz CT molecular complexity index is 630. The first-order valence-corrected chi connectivity index (χ1v) is 9.92. The summed E-state index contributed by atoms with van der Waals surface area (Å²) in [5, 5.41) is 5.61. The van der Waals surface area contributed by atoms with Crippen molar-refractivity contribution in [3.8, 4) is 0 Å². The first kappa shape index (κ1) is 21.9. The molecule has 2 rings (SSSR count). The molecule has 3 amide bonds. The number of ether oxygens (including phenoxy) is 1. The lowest BCUT2D eigenvalue weighted by Crippen LogP contribution is -2.55. The fourth-order valence-electron chi connectivity index (χ4n) is 3.13. The third kappa shape index (κ3) is 7.31. The lowest BCUT2D eigenvalue weighted by molar-refractivity contribution is -0.126. The van der Waals surface area contributed by atoms with E-state index in [0.29, 0.717) is 45.6 Å². The van der Waals surface area contributed by atoms with Gasteiger partial charge < -0.3 is 25.1 Å². The van der Waals surface area contributed by atoms with Crippen LogP contribution < -0.4 is 10.6 Å². The van der Waals surface area contributed by atoms with Crippen molar-refractivity contribution in [1.29, 1.82) is 0 Å². The molecule has 0 aliphatic carbocycles. The Kier molecular flexibility index (Phi) is 8.94. The summed E-state index contributed by atoms with van der Waals surface area (Å²) in [7, 11) is 0. The molecule has 1 saturated heterocycles. The lowest BCUT2D eigenvalue weighted by Gasteiger charge is -2.30. The average molecular weight is 389 g/mol. The number of aldehydes is 1. The fourth-order valence-corrected chi connectivity index (χ4v) is 3.13. The fraction of sp³-hybridized carbons (Fsp3) is 0.571. The highest BCUT2D eigenvalue weighted by Crippen LogP contribution is 2.09. The van der Waals surface area contributed by atoms with E-state index in [2.05, 4.69) is 10.6 Å². The Labute approximate surface area is 166 Å². The van der Waals surface area contributed by atoms with E-state index in [9.17, 15) is 14.4 Å². The molecule has 28 heavy (non-hydrogen) atoms. The van der Waals surface area contributed by atoms with Crippen LogP contribution in [0.1, 0.15) is 32.3 Å². The third-order valence-corrected chi connectivity index (χ3v) is 4.70. The number of morpholine rings is 1. The molecule has 0 radical (unpaired) electrons. The molecule has 7 nitrogen and oxygen atoms in total. The molecule has 154 valence electrons. The second-order valence-electron chi connectivity index (χ2n) is 7.51. The van der Waals surface area contributed by atoms with Crippen LogP contribution in [0.2, 0.25) is 0 Å². The molecular weight excluding hydrogens is 358 g/mol. The van der Waals surface area contributed by atoms with Crippen molar-refractivity contribution in [2.24, 2.45) is 5.92 Å². The van der Waals surface area contributed by atoms with Crippen LogP contribution in [-0.2, 0) is 20.7 Å². The first-order valence-electron chi connectivity index (χ1n) is 9.92. The van der Waals surface area contributed by atoms with Crippen LogP contribution in [0.5, 0.6) is 0 Å². The molecule has 1 fully saturated rings. The monoisotopic (exact) mass is 389 g/mol. The number of urea groups is 1. The van der Waals surface area contributed by atoms with Gasteiger partial charge in [0.05, 0.1) is 19.3 Å². The van der Waals surface area contributed by atoms with E-state index >= 15 is 0 Å². The molecule has 0 aromatic heterocycles. The number of carbonyl (C=O) groups is 3. The SMILES string of the molecule is CC(C)C[C@H](NC(=O)N1CCOCC1)C(=O)NC(C=O)CCc1ccccc1. The second-order valence-corrected chi connectivity index (χ2v) is 7.51. The summed E-state index contributed by atoms with van der Waals surface area (Å²) in [6, 6.07) is 8.30. The van der Waals surface area contributed by atoms with E-state index in [1.165, 1.54) is 0 Å². The van der Waals surface area contributed by atoms with Gasteiger partial charge in [0.2, 0.25) is 5.91 Å². The Balaban J connectivity index is 1.92. The second kappa shape index (κ2) is 11.4. The van der Waals surface area contributed by atoms with Gasteiger partial charge in [0.1, 0.15) is 12.3 Å². The Morgan fingerprint density at radius 3 is 2.43 bits per heavy atom. The number of hydrogen-bond donors (Lipinski definition) is 2. The van der Waals surface area contributed by atoms with Crippen molar-refractivity contribution < 1.29 is 19.1 Å². The summed E-state index contributed by atoms with van der Waals surface area (Å²) >= 11 is 0. The molecular formula is C21H31N3O4. The zero-order valence-corrected chi connectivity index (χ0v) is 16.7. The number of nitrogens with one attached hydrogen (secondary N) is 2. The topological polar surface area (TPSA) is 87.7 Å². The van der Waals surface area contributed by atoms with E-state index in [4.69, 9.17) is 4.74 Å². The van der Waals surface area contributed by atoms with Crippen molar-refractivity contribution in [3.63, 3.8) is 0 Å². The van der Waals surface area contributed by atoms with Crippen molar-refractivity contribution in [1.82, 2.24) is 15.5 Å². The zero-order chi connectivity index (χ0) is 20.4. The van der Waals surface area contributed by atoms with E-state index in [1.54, 1.807) is 4.90 Å². The van der Waals surface area contributed by atoms with Gasteiger partial charge in [0.25, 0.3) is 0 Å². The van der Waals surface area contributed by atoms with E-state index in [-0.39, 0.29) is 17.9 Å². The Morgan fingerprint density at radius 2 is 1.82 bits per heavy atom. The van der Waals surface area contributed by atoms with Crippen LogP contribution in [0.25, 0.3) is 0 Å². The minimum Gasteiger partial charge on any atom is -0.378 e.